The maximum absolute atomic E-state index is 13.7. The molecule has 11 N–H and O–H groups in total. The van der Waals surface area contributed by atoms with Crippen molar-refractivity contribution >= 4 is 23.0 Å². The summed E-state index contributed by atoms with van der Waals surface area (Å²) in [5.74, 6) is -5.43. The average molecular weight is 759 g/mol. The third-order valence-electron chi connectivity index (χ3n) is 8.58. The van der Waals surface area contributed by atoms with E-state index in [-0.39, 0.29) is 16.9 Å². The standard InChI is InChI=1S/C35H34O19/c36-15-9-20(41)25-22(10-15)51-31(14-3-5-17(38)19(40)8-14)32(28(25)46)54-34-30(48)29(47)27(45)23(52-34)12-50-35-33(26(44)21(42)11-49-35)53-24(43)6-2-13-1-4-16(37)18(39)7-13/h1-10,21,23,26-27,29-30,33-42,44-45,47-48H,11-12H2/t21-,23+,26-,27+,29-,30+,33+,34-,35-/m0/s1. The topological polar surface area (TPSA) is 316 Å². The predicted molar refractivity (Wildman–Crippen MR) is 178 cm³/mol. The second kappa shape index (κ2) is 15.4. The maximum Gasteiger partial charge on any atom is 0.331 e. The number of aromatic hydroxyl groups is 6. The zero-order valence-corrected chi connectivity index (χ0v) is 27.6. The van der Waals surface area contributed by atoms with Crippen molar-refractivity contribution in [3.63, 3.8) is 0 Å². The van der Waals surface area contributed by atoms with Gasteiger partial charge < -0.3 is 84.3 Å². The van der Waals surface area contributed by atoms with Gasteiger partial charge in [-0.15, -0.1) is 0 Å². The molecule has 19 heteroatoms. The maximum atomic E-state index is 13.7. The average Bonchev–Trinajstić information content (AvgIpc) is 3.12. The number of aliphatic hydroxyl groups excluding tert-OH is 5. The lowest BCUT2D eigenvalue weighted by Gasteiger charge is -2.41. The number of fused-ring (bicyclic) bond motifs is 1. The third-order valence-corrected chi connectivity index (χ3v) is 8.58. The summed E-state index contributed by atoms with van der Waals surface area (Å²) in [6.07, 6.45) is -13.9. The minimum atomic E-state index is -2.04. The molecule has 54 heavy (non-hydrogen) atoms. The van der Waals surface area contributed by atoms with E-state index in [0.29, 0.717) is 5.56 Å². The van der Waals surface area contributed by atoms with E-state index < -0.39 is 126 Å². The Hall–Kier alpha value is -5.64. The number of rotatable bonds is 9. The molecule has 9 atom stereocenters. The van der Waals surface area contributed by atoms with Crippen LogP contribution in [0.4, 0.5) is 0 Å². The summed E-state index contributed by atoms with van der Waals surface area (Å²) in [5, 5.41) is 112. The molecule has 2 saturated heterocycles. The Balaban J connectivity index is 1.23. The summed E-state index contributed by atoms with van der Waals surface area (Å²) >= 11 is 0. The van der Waals surface area contributed by atoms with Crippen LogP contribution in [0.15, 0.2) is 63.8 Å². The lowest BCUT2D eigenvalue weighted by atomic mass is 9.99. The summed E-state index contributed by atoms with van der Waals surface area (Å²) in [5.41, 5.74) is -1.17. The quantitative estimate of drug-likeness (QED) is 0.0588. The number of phenols is 6. The van der Waals surface area contributed by atoms with E-state index in [1.54, 1.807) is 0 Å². The van der Waals surface area contributed by atoms with Crippen LogP contribution in [-0.4, -0.2) is 131 Å². The van der Waals surface area contributed by atoms with Gasteiger partial charge in [0.2, 0.25) is 17.5 Å². The minimum Gasteiger partial charge on any atom is -0.508 e. The Morgan fingerprint density at radius 3 is 2.19 bits per heavy atom. The molecule has 0 bridgehead atoms. The molecule has 2 aliphatic heterocycles. The van der Waals surface area contributed by atoms with Crippen LogP contribution in [0.2, 0.25) is 0 Å². The van der Waals surface area contributed by atoms with Gasteiger partial charge >= 0.3 is 5.97 Å². The number of aliphatic hydroxyl groups is 5. The Morgan fingerprint density at radius 2 is 1.48 bits per heavy atom. The molecule has 0 spiro atoms. The summed E-state index contributed by atoms with van der Waals surface area (Å²) < 4.78 is 33.5. The number of hydrogen-bond acceptors (Lipinski definition) is 19. The highest BCUT2D eigenvalue weighted by molar-refractivity contribution is 5.89. The fourth-order valence-electron chi connectivity index (χ4n) is 5.70. The van der Waals surface area contributed by atoms with Gasteiger partial charge in [-0.05, 0) is 42.0 Å². The number of ether oxygens (including phenoxy) is 5. The molecular weight excluding hydrogens is 724 g/mol. The van der Waals surface area contributed by atoms with Crippen LogP contribution in [0.1, 0.15) is 5.56 Å². The number of carbonyl (C=O) groups excluding carboxylic acids is 1. The zero-order valence-electron chi connectivity index (χ0n) is 27.6. The van der Waals surface area contributed by atoms with Gasteiger partial charge in [0, 0.05) is 23.8 Å². The van der Waals surface area contributed by atoms with Crippen LogP contribution in [0.3, 0.4) is 0 Å². The number of hydrogen-bond donors (Lipinski definition) is 11. The van der Waals surface area contributed by atoms with Crippen molar-refractivity contribution in [3.8, 4) is 51.6 Å². The van der Waals surface area contributed by atoms with E-state index >= 15 is 0 Å². The molecule has 4 aromatic rings. The molecular formula is C35H34O19. The first-order valence-corrected chi connectivity index (χ1v) is 16.0. The van der Waals surface area contributed by atoms with Gasteiger partial charge in [-0.25, -0.2) is 4.79 Å². The monoisotopic (exact) mass is 758 g/mol. The highest BCUT2D eigenvalue weighted by Gasteiger charge is 2.48. The first-order valence-electron chi connectivity index (χ1n) is 16.0. The van der Waals surface area contributed by atoms with Gasteiger partial charge in [0.05, 0.1) is 13.2 Å². The van der Waals surface area contributed by atoms with E-state index in [1.165, 1.54) is 24.3 Å². The molecule has 0 radical (unpaired) electrons. The number of phenolic OH excluding ortho intramolecular Hbond substituents is 6. The lowest BCUT2D eigenvalue weighted by Crippen LogP contribution is -2.61. The molecule has 1 aromatic heterocycles. The van der Waals surface area contributed by atoms with Crippen molar-refractivity contribution in [2.24, 2.45) is 0 Å². The Kier molecular flexibility index (Phi) is 10.8. The van der Waals surface area contributed by atoms with Crippen LogP contribution in [-0.2, 0) is 23.7 Å². The molecule has 0 amide bonds. The summed E-state index contributed by atoms with van der Waals surface area (Å²) in [4.78, 5) is 26.4. The zero-order chi connectivity index (χ0) is 39.0. The molecule has 288 valence electrons. The second-order valence-corrected chi connectivity index (χ2v) is 12.3. The van der Waals surface area contributed by atoms with Gasteiger partial charge in [-0.3, -0.25) is 4.79 Å². The molecule has 3 heterocycles. The molecule has 3 aromatic carbocycles. The molecule has 19 nitrogen and oxygen atoms in total. The SMILES string of the molecule is O=C(C=Cc1ccc(O)c(O)c1)O[C@H]1[C@H](OC[C@H]2O[C@@H](Oc3c(-c4ccc(O)c(O)c4)oc4cc(O)cc(O)c4c3=O)[C@H](O)[C@@H](O)[C@@H]2O)OC[C@H](O)[C@@H]1O. The lowest BCUT2D eigenvalue weighted by molar-refractivity contribution is -0.308. The fraction of sp³-hybridized carbons (Fsp3) is 0.314. The molecule has 0 saturated carbocycles. The molecule has 2 aliphatic rings. The van der Waals surface area contributed by atoms with E-state index in [9.17, 15) is 65.8 Å². The van der Waals surface area contributed by atoms with Gasteiger partial charge in [0.25, 0.3) is 0 Å². The minimum absolute atomic E-state index is 0.0697. The van der Waals surface area contributed by atoms with Crippen molar-refractivity contribution in [3.05, 3.63) is 70.4 Å². The van der Waals surface area contributed by atoms with E-state index in [4.69, 9.17) is 28.1 Å². The van der Waals surface area contributed by atoms with E-state index in [1.807, 2.05) is 0 Å². The van der Waals surface area contributed by atoms with Crippen LogP contribution in [0.25, 0.3) is 28.4 Å². The highest BCUT2D eigenvalue weighted by Crippen LogP contribution is 2.39. The molecule has 0 aliphatic carbocycles. The molecule has 6 rings (SSSR count). The van der Waals surface area contributed by atoms with Crippen molar-refractivity contribution in [1.29, 1.82) is 0 Å². The largest absolute Gasteiger partial charge is 0.508 e. The van der Waals surface area contributed by atoms with Crippen LogP contribution >= 0.6 is 0 Å². The van der Waals surface area contributed by atoms with Crippen LogP contribution < -0.4 is 10.2 Å². The van der Waals surface area contributed by atoms with E-state index in [0.717, 1.165) is 36.4 Å². The summed E-state index contributed by atoms with van der Waals surface area (Å²) in [7, 11) is 0. The normalized spacial score (nSPS) is 27.2. The van der Waals surface area contributed by atoms with Crippen molar-refractivity contribution in [1.82, 2.24) is 0 Å². The summed E-state index contributed by atoms with van der Waals surface area (Å²) in [6, 6.07) is 8.85. The second-order valence-electron chi connectivity index (χ2n) is 12.3. The van der Waals surface area contributed by atoms with Gasteiger partial charge in [-0.2, -0.15) is 0 Å². The van der Waals surface area contributed by atoms with Crippen molar-refractivity contribution in [2.75, 3.05) is 13.2 Å². The first-order chi connectivity index (χ1) is 25.6. The van der Waals surface area contributed by atoms with Crippen LogP contribution in [0.5, 0.6) is 40.2 Å². The number of esters is 1. The number of carbonyl (C=O) groups is 1. The fourth-order valence-corrected chi connectivity index (χ4v) is 5.70. The Bertz CT molecular complexity index is 2110. The highest BCUT2D eigenvalue weighted by atomic mass is 16.7. The Labute approximate surface area is 302 Å². The molecule has 0 unspecified atom stereocenters. The molecule has 2 fully saturated rings. The Morgan fingerprint density at radius 1 is 0.778 bits per heavy atom. The smallest absolute Gasteiger partial charge is 0.331 e. The predicted octanol–water partition coefficient (Wildman–Crippen LogP) is -0.400. The van der Waals surface area contributed by atoms with Crippen LogP contribution in [0, 0.1) is 0 Å². The summed E-state index contributed by atoms with van der Waals surface area (Å²) in [6.45, 7) is -1.19. The first kappa shape index (κ1) is 38.1. The van der Waals surface area contributed by atoms with Crippen molar-refractivity contribution < 1.29 is 89.1 Å². The third kappa shape index (κ3) is 7.69. The van der Waals surface area contributed by atoms with Gasteiger partial charge in [0.1, 0.15) is 59.1 Å². The van der Waals surface area contributed by atoms with E-state index in [2.05, 4.69) is 0 Å². The van der Waals surface area contributed by atoms with Gasteiger partial charge in [-0.1, -0.05) is 6.07 Å². The number of benzene rings is 3. The van der Waals surface area contributed by atoms with Gasteiger partial charge in [0.15, 0.2) is 41.2 Å². The van der Waals surface area contributed by atoms with Crippen molar-refractivity contribution in [2.45, 2.75) is 55.3 Å².